The summed E-state index contributed by atoms with van der Waals surface area (Å²) in [6, 6.07) is 5.11. The quantitative estimate of drug-likeness (QED) is 0.659. The normalized spacial score (nSPS) is 16.7. The number of para-hydroxylation sites is 1. The second kappa shape index (κ2) is 6.12. The Morgan fingerprint density at radius 2 is 2.19 bits per heavy atom. The molecule has 3 N–H and O–H groups in total. The highest BCUT2D eigenvalue weighted by Crippen LogP contribution is 2.26. The molecule has 0 unspecified atom stereocenters. The molecule has 0 amide bonds. The summed E-state index contributed by atoms with van der Waals surface area (Å²) < 4.78 is 26.2. The third-order valence-electron chi connectivity index (χ3n) is 3.37. The summed E-state index contributed by atoms with van der Waals surface area (Å²) in [5.41, 5.74) is 7.74. The summed E-state index contributed by atoms with van der Waals surface area (Å²) in [6.45, 7) is 1.51. The predicted octanol–water partition coefficient (Wildman–Crippen LogP) is 3.58. The highest BCUT2D eigenvalue weighted by Gasteiger charge is 2.27. The van der Waals surface area contributed by atoms with E-state index in [9.17, 15) is 8.78 Å². The first-order chi connectivity index (χ1) is 9.78. The van der Waals surface area contributed by atoms with Crippen molar-refractivity contribution in [1.82, 2.24) is 4.90 Å². The van der Waals surface area contributed by atoms with E-state index in [1.165, 1.54) is 0 Å². The molecule has 0 fully saturated rings. The van der Waals surface area contributed by atoms with Crippen LogP contribution in [0.3, 0.4) is 0 Å². The van der Waals surface area contributed by atoms with Gasteiger partial charge in [-0.1, -0.05) is 29.8 Å². The average Bonchev–Trinajstić information content (AvgIpc) is 2.39. The number of hydrogen-bond donors (Lipinski definition) is 2. The van der Waals surface area contributed by atoms with Crippen molar-refractivity contribution in [3.05, 3.63) is 40.4 Å². The van der Waals surface area contributed by atoms with E-state index in [1.807, 2.05) is 6.08 Å². The molecular weight excluding hydrogens is 296 g/mol. The Morgan fingerprint density at radius 3 is 2.86 bits per heavy atom. The molecule has 3 nitrogen and oxygen atoms in total. The third-order valence-corrected chi connectivity index (χ3v) is 3.70. The van der Waals surface area contributed by atoms with Crippen LogP contribution in [0.2, 0.25) is 5.02 Å². The van der Waals surface area contributed by atoms with Crippen molar-refractivity contribution in [3.8, 4) is 0 Å². The highest BCUT2D eigenvalue weighted by molar-refractivity contribution is 6.34. The predicted molar refractivity (Wildman–Crippen MR) is 82.5 cm³/mol. The molecule has 0 aromatic heterocycles. The van der Waals surface area contributed by atoms with Crippen LogP contribution >= 0.6 is 11.6 Å². The average molecular weight is 314 g/mol. The van der Waals surface area contributed by atoms with E-state index in [2.05, 4.69) is 0 Å². The molecule has 6 heteroatoms. The van der Waals surface area contributed by atoms with E-state index in [1.54, 1.807) is 23.1 Å². The van der Waals surface area contributed by atoms with Gasteiger partial charge in [-0.3, -0.25) is 10.3 Å². The van der Waals surface area contributed by atoms with Gasteiger partial charge in [0.25, 0.3) is 5.92 Å². The summed E-state index contributed by atoms with van der Waals surface area (Å²) in [5.74, 6) is -2.74. The van der Waals surface area contributed by atoms with Gasteiger partial charge in [0.2, 0.25) is 0 Å². The molecule has 1 aromatic carbocycles. The largest absolute Gasteiger partial charge is 0.397 e. The smallest absolute Gasteiger partial charge is 0.257 e. The molecule has 0 saturated carbocycles. The Bertz CT molecular complexity index is 579. The fraction of sp³-hybridized carbons (Fsp3) is 0.400. The minimum atomic E-state index is -2.74. The SMILES string of the molecule is CC(F)(F)CN1CCC=C(C(=N)c2cccc(Cl)c2N)C1. The number of hydrogen-bond acceptors (Lipinski definition) is 3. The Labute approximate surface area is 127 Å². The standard InChI is InChI=1S/C15H18ClF2N3/c1-15(17,18)9-21-7-3-4-10(8-21)13(19)11-5-2-6-12(16)14(11)20/h2,4-6,19H,3,7-9,20H2,1H3. The fourth-order valence-electron chi connectivity index (χ4n) is 2.44. The molecule has 0 saturated heterocycles. The lowest BCUT2D eigenvalue weighted by atomic mass is 9.97. The molecule has 1 aliphatic rings. The Hall–Kier alpha value is -1.46. The van der Waals surface area contributed by atoms with Gasteiger partial charge in [-0.25, -0.2) is 8.78 Å². The zero-order valence-corrected chi connectivity index (χ0v) is 12.6. The zero-order valence-electron chi connectivity index (χ0n) is 11.8. The van der Waals surface area contributed by atoms with Gasteiger partial charge in [-0.2, -0.15) is 0 Å². The van der Waals surface area contributed by atoms with Gasteiger partial charge in [0.05, 0.1) is 23.0 Å². The lowest BCUT2D eigenvalue weighted by Crippen LogP contribution is -2.39. The van der Waals surface area contributed by atoms with Gasteiger partial charge < -0.3 is 5.73 Å². The van der Waals surface area contributed by atoms with Crippen molar-refractivity contribution >= 4 is 23.0 Å². The highest BCUT2D eigenvalue weighted by atomic mass is 35.5. The number of anilines is 1. The van der Waals surface area contributed by atoms with E-state index in [0.717, 1.165) is 6.92 Å². The Balaban J connectivity index is 2.16. The maximum atomic E-state index is 13.1. The van der Waals surface area contributed by atoms with Crippen LogP contribution in [0.25, 0.3) is 0 Å². The summed E-state index contributed by atoms with van der Waals surface area (Å²) in [4.78, 5) is 1.66. The van der Waals surface area contributed by atoms with Crippen molar-refractivity contribution in [2.24, 2.45) is 0 Å². The van der Waals surface area contributed by atoms with E-state index < -0.39 is 5.92 Å². The van der Waals surface area contributed by atoms with E-state index in [-0.39, 0.29) is 12.3 Å². The van der Waals surface area contributed by atoms with E-state index in [4.69, 9.17) is 22.7 Å². The fourth-order valence-corrected chi connectivity index (χ4v) is 2.62. The van der Waals surface area contributed by atoms with Crippen LogP contribution in [0.5, 0.6) is 0 Å². The van der Waals surface area contributed by atoms with Crippen LogP contribution in [-0.4, -0.2) is 36.2 Å². The van der Waals surface area contributed by atoms with Gasteiger partial charge in [-0.15, -0.1) is 0 Å². The summed E-state index contributed by atoms with van der Waals surface area (Å²) >= 11 is 5.96. The number of alkyl halides is 2. The van der Waals surface area contributed by atoms with Crippen LogP contribution in [0.1, 0.15) is 18.9 Å². The monoisotopic (exact) mass is 313 g/mol. The number of rotatable bonds is 4. The second-order valence-corrected chi connectivity index (χ2v) is 5.78. The molecule has 1 aromatic rings. The number of halogens is 3. The molecule has 0 radical (unpaired) electrons. The molecule has 0 atom stereocenters. The number of nitrogen functional groups attached to an aromatic ring is 1. The maximum Gasteiger partial charge on any atom is 0.257 e. The lowest BCUT2D eigenvalue weighted by molar-refractivity contribution is -0.0124. The minimum absolute atomic E-state index is 0.249. The summed E-state index contributed by atoms with van der Waals surface area (Å²) in [6.07, 6.45) is 2.56. The molecule has 114 valence electrons. The first-order valence-corrected chi connectivity index (χ1v) is 7.08. The molecule has 21 heavy (non-hydrogen) atoms. The minimum Gasteiger partial charge on any atom is -0.397 e. The first kappa shape index (κ1) is 15.9. The van der Waals surface area contributed by atoms with Crippen molar-refractivity contribution in [1.29, 1.82) is 5.41 Å². The number of benzene rings is 1. The van der Waals surface area contributed by atoms with Crippen molar-refractivity contribution in [3.63, 3.8) is 0 Å². The van der Waals surface area contributed by atoms with Gasteiger partial charge in [-0.05, 0) is 18.1 Å². The summed E-state index contributed by atoms with van der Waals surface area (Å²) in [7, 11) is 0. The number of nitrogens with one attached hydrogen (secondary N) is 1. The third kappa shape index (κ3) is 4.02. The van der Waals surface area contributed by atoms with Gasteiger partial charge >= 0.3 is 0 Å². The first-order valence-electron chi connectivity index (χ1n) is 6.70. The number of nitrogens with two attached hydrogens (primary N) is 1. The van der Waals surface area contributed by atoms with Gasteiger partial charge in [0, 0.05) is 25.6 Å². The van der Waals surface area contributed by atoms with Crippen molar-refractivity contribution in [2.45, 2.75) is 19.3 Å². The zero-order chi connectivity index (χ0) is 15.6. The van der Waals surface area contributed by atoms with Crippen LogP contribution in [0.15, 0.2) is 29.8 Å². The second-order valence-electron chi connectivity index (χ2n) is 5.37. The lowest BCUT2D eigenvalue weighted by Gasteiger charge is -2.29. The molecular formula is C15H18ClF2N3. The van der Waals surface area contributed by atoms with Crippen LogP contribution < -0.4 is 5.73 Å². The van der Waals surface area contributed by atoms with E-state index in [0.29, 0.717) is 41.4 Å². The summed E-state index contributed by atoms with van der Waals surface area (Å²) in [5, 5.41) is 8.66. The molecule has 1 aliphatic heterocycles. The molecule has 0 aliphatic carbocycles. The molecule has 0 bridgehead atoms. The van der Waals surface area contributed by atoms with Crippen LogP contribution in [0.4, 0.5) is 14.5 Å². The van der Waals surface area contributed by atoms with Crippen molar-refractivity contribution < 1.29 is 8.78 Å². The van der Waals surface area contributed by atoms with Crippen LogP contribution in [0, 0.1) is 5.41 Å². The molecule has 2 rings (SSSR count). The van der Waals surface area contributed by atoms with E-state index >= 15 is 0 Å². The Morgan fingerprint density at radius 1 is 1.48 bits per heavy atom. The molecule has 0 spiro atoms. The Kier molecular flexibility index (Phi) is 4.64. The topological polar surface area (TPSA) is 53.1 Å². The van der Waals surface area contributed by atoms with Gasteiger partial charge in [0.15, 0.2) is 0 Å². The molecule has 1 heterocycles. The number of nitrogens with zero attached hydrogens (tertiary/aromatic N) is 1. The van der Waals surface area contributed by atoms with Crippen molar-refractivity contribution in [2.75, 3.05) is 25.4 Å². The van der Waals surface area contributed by atoms with Crippen LogP contribution in [-0.2, 0) is 0 Å². The van der Waals surface area contributed by atoms with Gasteiger partial charge in [0.1, 0.15) is 0 Å². The maximum absolute atomic E-state index is 13.1.